The van der Waals surface area contributed by atoms with E-state index in [9.17, 15) is 15.0 Å². The lowest BCUT2D eigenvalue weighted by molar-refractivity contribution is -0.131. The van der Waals surface area contributed by atoms with Crippen molar-refractivity contribution in [2.75, 3.05) is 26.2 Å². The van der Waals surface area contributed by atoms with E-state index in [0.29, 0.717) is 32.0 Å². The average Bonchev–Trinajstić information content (AvgIpc) is 2.77. The Morgan fingerprint density at radius 3 is 2.43 bits per heavy atom. The van der Waals surface area contributed by atoms with Crippen LogP contribution in [0.15, 0.2) is 30.3 Å². The van der Waals surface area contributed by atoms with Crippen LogP contribution in [-0.4, -0.2) is 64.6 Å². The van der Waals surface area contributed by atoms with E-state index in [4.69, 9.17) is 9.84 Å². The number of hydrogen-bond donors (Lipinski definition) is 3. The van der Waals surface area contributed by atoms with Crippen molar-refractivity contribution in [3.8, 4) is 5.75 Å². The van der Waals surface area contributed by atoms with Gasteiger partial charge in [-0.3, -0.25) is 4.90 Å². The summed E-state index contributed by atoms with van der Waals surface area (Å²) in [6, 6.07) is 7.10. The minimum atomic E-state index is -0.981. The number of nitrogens with zero attached hydrogens (tertiary/aromatic N) is 1. The van der Waals surface area contributed by atoms with Crippen LogP contribution in [0.4, 0.5) is 0 Å². The molecule has 114 valence electrons. The first-order valence-corrected chi connectivity index (χ1v) is 6.77. The van der Waals surface area contributed by atoms with Gasteiger partial charge in [-0.2, -0.15) is 0 Å². The van der Waals surface area contributed by atoms with Gasteiger partial charge < -0.3 is 20.1 Å². The monoisotopic (exact) mass is 293 g/mol. The summed E-state index contributed by atoms with van der Waals surface area (Å²) in [5.74, 6) is -0.284. The van der Waals surface area contributed by atoms with Crippen LogP contribution >= 0.6 is 0 Å². The van der Waals surface area contributed by atoms with Crippen LogP contribution in [-0.2, 0) is 4.79 Å². The molecule has 0 saturated carbocycles. The molecule has 1 aromatic rings. The highest BCUT2D eigenvalue weighted by Gasteiger charge is 2.28. The molecule has 2 unspecified atom stereocenters. The summed E-state index contributed by atoms with van der Waals surface area (Å²) in [5.41, 5.74) is 0.788. The lowest BCUT2D eigenvalue weighted by Gasteiger charge is -2.15. The van der Waals surface area contributed by atoms with Crippen LogP contribution in [0.5, 0.6) is 5.75 Å². The number of benzene rings is 1. The molecule has 3 N–H and O–H groups in total. The summed E-state index contributed by atoms with van der Waals surface area (Å²) < 4.78 is 5.57. The smallest absolute Gasteiger partial charge is 0.328 e. The Kier molecular flexibility index (Phi) is 5.32. The molecule has 1 fully saturated rings. The molecule has 1 saturated heterocycles. The molecule has 1 heterocycles. The third-order valence-electron chi connectivity index (χ3n) is 3.31. The maximum atomic E-state index is 10.4. The fourth-order valence-electron chi connectivity index (χ4n) is 2.16. The molecule has 0 bridgehead atoms. The van der Waals surface area contributed by atoms with Crippen molar-refractivity contribution in [1.29, 1.82) is 0 Å². The number of carboxylic acids is 1. The predicted molar refractivity (Wildman–Crippen MR) is 77.1 cm³/mol. The predicted octanol–water partition coefficient (Wildman–Crippen LogP) is 0.201. The zero-order valence-electron chi connectivity index (χ0n) is 11.6. The highest BCUT2D eigenvalue weighted by atomic mass is 16.5. The topological polar surface area (TPSA) is 90.2 Å². The van der Waals surface area contributed by atoms with E-state index in [0.717, 1.165) is 11.6 Å². The van der Waals surface area contributed by atoms with Gasteiger partial charge in [0.05, 0.1) is 12.2 Å². The van der Waals surface area contributed by atoms with Crippen molar-refractivity contribution in [3.63, 3.8) is 0 Å². The molecule has 21 heavy (non-hydrogen) atoms. The number of β-amino-alcohol motifs (C(OH)–C–C–N with tert-alkyl or cyclic N) is 2. The molecular formula is C15H19NO5. The quantitative estimate of drug-likeness (QED) is 0.649. The van der Waals surface area contributed by atoms with Crippen LogP contribution < -0.4 is 4.74 Å². The lowest BCUT2D eigenvalue weighted by atomic mass is 10.2. The molecule has 0 spiro atoms. The summed E-state index contributed by atoms with van der Waals surface area (Å²) in [4.78, 5) is 12.3. The van der Waals surface area contributed by atoms with Gasteiger partial charge in [0.1, 0.15) is 12.4 Å². The number of likely N-dealkylation sites (tertiary alicyclic amines) is 1. The Bertz CT molecular complexity index is 489. The van der Waals surface area contributed by atoms with E-state index >= 15 is 0 Å². The van der Waals surface area contributed by atoms with Crippen LogP contribution in [0.2, 0.25) is 0 Å². The Balaban J connectivity index is 1.75. The Morgan fingerprint density at radius 2 is 1.86 bits per heavy atom. The van der Waals surface area contributed by atoms with Gasteiger partial charge in [-0.15, -0.1) is 0 Å². The molecule has 6 nitrogen and oxygen atoms in total. The molecule has 1 aliphatic heterocycles. The highest BCUT2D eigenvalue weighted by Crippen LogP contribution is 2.14. The Labute approximate surface area is 122 Å². The molecule has 2 atom stereocenters. The largest absolute Gasteiger partial charge is 0.492 e. The van der Waals surface area contributed by atoms with E-state index in [2.05, 4.69) is 0 Å². The van der Waals surface area contributed by atoms with E-state index in [1.54, 1.807) is 24.3 Å². The molecule has 2 rings (SSSR count). The Hall–Kier alpha value is -1.89. The number of aliphatic hydroxyl groups excluding tert-OH is 2. The zero-order chi connectivity index (χ0) is 15.2. The standard InChI is InChI=1S/C15H19NO5/c17-13-9-16(10-14(13)18)7-8-21-12-4-1-11(2-5-12)3-6-15(19)20/h1-6,13-14,17-18H,7-10H2,(H,19,20)/b6-3+. The highest BCUT2D eigenvalue weighted by molar-refractivity contribution is 5.85. The summed E-state index contributed by atoms with van der Waals surface area (Å²) in [6.07, 6.45) is 1.24. The first-order chi connectivity index (χ1) is 10.0. The van der Waals surface area contributed by atoms with Gasteiger partial charge in [0.2, 0.25) is 0 Å². The molecule has 0 amide bonds. The van der Waals surface area contributed by atoms with Gasteiger partial charge in [-0.1, -0.05) is 12.1 Å². The zero-order valence-corrected chi connectivity index (χ0v) is 11.6. The van der Waals surface area contributed by atoms with Crippen LogP contribution in [0.1, 0.15) is 5.56 Å². The number of rotatable bonds is 6. The number of aliphatic carboxylic acids is 1. The van der Waals surface area contributed by atoms with Gasteiger partial charge in [-0.25, -0.2) is 4.79 Å². The number of hydrogen-bond acceptors (Lipinski definition) is 5. The fourth-order valence-corrected chi connectivity index (χ4v) is 2.16. The van der Waals surface area contributed by atoms with E-state index in [-0.39, 0.29) is 0 Å². The van der Waals surface area contributed by atoms with Crippen molar-refractivity contribution >= 4 is 12.0 Å². The van der Waals surface area contributed by atoms with Crippen molar-refractivity contribution < 1.29 is 24.9 Å². The average molecular weight is 293 g/mol. The van der Waals surface area contributed by atoms with Gasteiger partial charge >= 0.3 is 5.97 Å². The number of carbonyl (C=O) groups is 1. The third-order valence-corrected chi connectivity index (χ3v) is 3.31. The lowest BCUT2D eigenvalue weighted by Crippen LogP contribution is -2.27. The maximum absolute atomic E-state index is 10.4. The van der Waals surface area contributed by atoms with Crippen LogP contribution in [0.25, 0.3) is 6.08 Å². The third kappa shape index (κ3) is 4.86. The second-order valence-electron chi connectivity index (χ2n) is 4.98. The molecule has 1 aromatic carbocycles. The fraction of sp³-hybridized carbons (Fsp3) is 0.400. The van der Waals surface area contributed by atoms with Crippen molar-refractivity contribution in [3.05, 3.63) is 35.9 Å². The van der Waals surface area contributed by atoms with Crippen molar-refractivity contribution in [2.24, 2.45) is 0 Å². The SMILES string of the molecule is O=C(O)/C=C/c1ccc(OCCN2CC(O)C(O)C2)cc1. The normalized spacial score (nSPS) is 22.8. The summed E-state index contributed by atoms with van der Waals surface area (Å²) in [5, 5.41) is 27.4. The van der Waals surface area contributed by atoms with E-state index < -0.39 is 18.2 Å². The second-order valence-corrected chi connectivity index (χ2v) is 4.98. The van der Waals surface area contributed by atoms with Crippen LogP contribution in [0, 0.1) is 0 Å². The van der Waals surface area contributed by atoms with Gasteiger partial charge in [-0.05, 0) is 23.8 Å². The molecule has 0 aromatic heterocycles. The number of ether oxygens (including phenoxy) is 1. The molecule has 0 radical (unpaired) electrons. The molecule has 6 heteroatoms. The first kappa shape index (κ1) is 15.5. The second kappa shape index (κ2) is 7.21. The maximum Gasteiger partial charge on any atom is 0.328 e. The van der Waals surface area contributed by atoms with Crippen molar-refractivity contribution in [2.45, 2.75) is 12.2 Å². The number of carboxylic acid groups (broad SMARTS) is 1. The minimum absolute atomic E-state index is 0.462. The van der Waals surface area contributed by atoms with Gasteiger partial charge in [0.25, 0.3) is 0 Å². The van der Waals surface area contributed by atoms with Gasteiger partial charge in [0, 0.05) is 25.7 Å². The first-order valence-electron chi connectivity index (χ1n) is 6.77. The summed E-state index contributed by atoms with van der Waals surface area (Å²) in [7, 11) is 0. The van der Waals surface area contributed by atoms with Crippen molar-refractivity contribution in [1.82, 2.24) is 4.90 Å². The van der Waals surface area contributed by atoms with Gasteiger partial charge in [0.15, 0.2) is 0 Å². The summed E-state index contributed by atoms with van der Waals surface area (Å²) in [6.45, 7) is 2.02. The molecular weight excluding hydrogens is 274 g/mol. The summed E-state index contributed by atoms with van der Waals surface area (Å²) >= 11 is 0. The van der Waals surface area contributed by atoms with E-state index in [1.807, 2.05) is 4.90 Å². The minimum Gasteiger partial charge on any atom is -0.492 e. The Morgan fingerprint density at radius 1 is 1.24 bits per heavy atom. The molecule has 1 aliphatic rings. The van der Waals surface area contributed by atoms with Crippen LogP contribution in [0.3, 0.4) is 0 Å². The molecule has 0 aliphatic carbocycles. The van der Waals surface area contributed by atoms with E-state index in [1.165, 1.54) is 6.08 Å². The number of aliphatic hydroxyl groups is 2.